The largest absolute Gasteiger partial charge is 1.00 e. The van der Waals surface area contributed by atoms with E-state index in [1.807, 2.05) is 0 Å². The van der Waals surface area contributed by atoms with Crippen molar-refractivity contribution < 1.29 is 54.6 Å². The van der Waals surface area contributed by atoms with Crippen molar-refractivity contribution >= 4 is 47.7 Å². The topological polar surface area (TPSA) is 18.5 Å². The van der Waals surface area contributed by atoms with Crippen LogP contribution < -0.4 is 62.3 Å². The van der Waals surface area contributed by atoms with Crippen LogP contribution in [0.3, 0.4) is 0 Å². The summed E-state index contributed by atoms with van der Waals surface area (Å²) in [6, 6.07) is 57.0. The second-order valence-corrected chi connectivity index (χ2v) is 17.8. The molecule has 0 fully saturated rings. The summed E-state index contributed by atoms with van der Waals surface area (Å²) in [6.07, 6.45) is 0. The number of hydrogen-bond donors (Lipinski definition) is 0. The number of rotatable bonds is 12. The van der Waals surface area contributed by atoms with Crippen molar-refractivity contribution in [1.29, 1.82) is 0 Å². The Kier molecular flexibility index (Phi) is 15.1. The minimum absolute atomic E-state index is 0. The zero-order chi connectivity index (χ0) is 32.6. The van der Waals surface area contributed by atoms with Gasteiger partial charge in [0.05, 0.1) is 0 Å². The molecule has 0 heterocycles. The maximum absolute atomic E-state index is 6.79. The molecule has 0 spiro atoms. The second-order valence-electron chi connectivity index (χ2n) is 12.1. The van der Waals surface area contributed by atoms with Crippen LogP contribution in [0.1, 0.15) is 50.7 Å². The van der Waals surface area contributed by atoms with Crippen LogP contribution in [0.2, 0.25) is 0 Å². The SMILES string of the molecule is CC(C)c1ccc([O][Zr+2][O]c2ccc(C(C)C)cc2P(c2ccccc2)c2ccccc2)c(P(c2ccccc2)c2ccccc2)c1.[Cl-].[Cl-]. The van der Waals surface area contributed by atoms with Crippen LogP contribution in [0.15, 0.2) is 158 Å². The van der Waals surface area contributed by atoms with Gasteiger partial charge >= 0.3 is 297 Å². The molecule has 248 valence electrons. The van der Waals surface area contributed by atoms with E-state index < -0.39 is 40.0 Å². The average molecular weight is 801 g/mol. The fourth-order valence-corrected chi connectivity index (χ4v) is 12.3. The van der Waals surface area contributed by atoms with E-state index in [2.05, 4.69) is 185 Å². The summed E-state index contributed by atoms with van der Waals surface area (Å²) in [6.45, 7) is 9.03. The third kappa shape index (κ3) is 9.73. The predicted octanol–water partition coefficient (Wildman–Crippen LogP) is 2.83. The molecule has 0 aliphatic carbocycles. The van der Waals surface area contributed by atoms with Crippen molar-refractivity contribution in [2.75, 3.05) is 0 Å². The maximum atomic E-state index is 6.79. The third-order valence-electron chi connectivity index (χ3n) is 8.14. The molecule has 2 nitrogen and oxygen atoms in total. The van der Waals surface area contributed by atoms with Crippen molar-refractivity contribution in [3.63, 3.8) is 0 Å². The zero-order valence-electron chi connectivity index (χ0n) is 28.1. The Morgan fingerprint density at radius 2 is 0.694 bits per heavy atom. The molecule has 6 rings (SSSR count). The molecule has 0 atom stereocenters. The normalized spacial score (nSPS) is 10.8. The van der Waals surface area contributed by atoms with E-state index in [1.54, 1.807) is 0 Å². The smallest absolute Gasteiger partial charge is 1.00 e. The minimum Gasteiger partial charge on any atom is -1.00 e. The molecule has 0 amide bonds. The first-order valence-corrected chi connectivity index (χ1v) is 20.9. The third-order valence-corrected chi connectivity index (χ3v) is 14.6. The van der Waals surface area contributed by atoms with Crippen molar-refractivity contribution in [3.8, 4) is 11.5 Å². The molecule has 0 bridgehead atoms. The summed E-state index contributed by atoms with van der Waals surface area (Å²) in [7, 11) is -1.64. The van der Waals surface area contributed by atoms with Gasteiger partial charge in [0.2, 0.25) is 0 Å². The minimum atomic E-state index is -1.80. The van der Waals surface area contributed by atoms with Crippen LogP contribution in [0.25, 0.3) is 0 Å². The molecule has 0 N–H and O–H groups in total. The van der Waals surface area contributed by atoms with Crippen molar-refractivity contribution in [2.45, 2.75) is 39.5 Å². The van der Waals surface area contributed by atoms with Gasteiger partial charge in [-0.1, -0.05) is 0 Å². The Labute approximate surface area is 319 Å². The molecule has 6 aromatic carbocycles. The van der Waals surface area contributed by atoms with Crippen LogP contribution in [0.4, 0.5) is 0 Å². The van der Waals surface area contributed by atoms with Gasteiger partial charge in [0, 0.05) is 0 Å². The first-order valence-electron chi connectivity index (χ1n) is 16.2. The molecular formula is C42H40Cl2O2P2Zr. The Morgan fingerprint density at radius 1 is 0.408 bits per heavy atom. The standard InChI is InChI=1S/2C21H21OP.2ClH.Zr/c2*1-16(2)17-13-14-20(22)21(15-17)23(18-9-5-3-6-10-18)19-11-7-4-8-12-19;;;/h2*3-16,22H,1-2H3;2*1H;/q;;;;+4/p-4. The average Bonchev–Trinajstić information content (AvgIpc) is 3.11. The molecule has 0 radical (unpaired) electrons. The molecule has 0 saturated carbocycles. The van der Waals surface area contributed by atoms with E-state index >= 15 is 0 Å². The summed E-state index contributed by atoms with van der Waals surface area (Å²) in [4.78, 5) is 0. The number of benzene rings is 6. The van der Waals surface area contributed by atoms with Gasteiger partial charge in [-0.25, -0.2) is 0 Å². The van der Waals surface area contributed by atoms with Crippen LogP contribution in [-0.2, 0) is 24.1 Å². The number of hydrogen-bond acceptors (Lipinski definition) is 2. The molecule has 0 aliphatic rings. The van der Waals surface area contributed by atoms with E-state index in [4.69, 9.17) is 5.63 Å². The molecular weight excluding hydrogens is 761 g/mol. The molecule has 0 unspecified atom stereocenters. The fraction of sp³-hybridized carbons (Fsp3) is 0.143. The van der Waals surface area contributed by atoms with Gasteiger partial charge in [-0.05, 0) is 0 Å². The van der Waals surface area contributed by atoms with E-state index in [0.717, 1.165) is 11.5 Å². The Morgan fingerprint density at radius 3 is 0.959 bits per heavy atom. The first-order chi connectivity index (χ1) is 23.0. The van der Waals surface area contributed by atoms with E-state index in [9.17, 15) is 0 Å². The second kappa shape index (κ2) is 19.0. The summed E-state index contributed by atoms with van der Waals surface area (Å²) < 4.78 is 13.6. The summed E-state index contributed by atoms with van der Waals surface area (Å²) in [5.74, 6) is 2.71. The Hall–Kier alpha value is -2.76. The van der Waals surface area contributed by atoms with Crippen LogP contribution in [0.5, 0.6) is 11.5 Å². The van der Waals surface area contributed by atoms with Gasteiger partial charge in [0.25, 0.3) is 0 Å². The first kappa shape index (κ1) is 39.0. The van der Waals surface area contributed by atoms with Crippen LogP contribution in [-0.4, -0.2) is 0 Å². The van der Waals surface area contributed by atoms with E-state index in [0.29, 0.717) is 11.8 Å². The molecule has 0 aliphatic heterocycles. The van der Waals surface area contributed by atoms with Crippen molar-refractivity contribution in [1.82, 2.24) is 0 Å². The summed E-state index contributed by atoms with van der Waals surface area (Å²) in [5, 5.41) is 7.75. The van der Waals surface area contributed by atoms with Gasteiger partial charge < -0.3 is 24.8 Å². The van der Waals surface area contributed by atoms with Gasteiger partial charge in [0.15, 0.2) is 0 Å². The zero-order valence-corrected chi connectivity index (χ0v) is 33.9. The van der Waals surface area contributed by atoms with Crippen LogP contribution in [0, 0.1) is 0 Å². The van der Waals surface area contributed by atoms with Gasteiger partial charge in [-0.3, -0.25) is 0 Å². The monoisotopic (exact) mass is 798 g/mol. The molecule has 6 aromatic rings. The molecule has 0 saturated heterocycles. The number of halogens is 2. The predicted molar refractivity (Wildman–Crippen MR) is 200 cm³/mol. The van der Waals surface area contributed by atoms with Crippen molar-refractivity contribution in [3.05, 3.63) is 169 Å². The fourth-order valence-electron chi connectivity index (χ4n) is 5.58. The quantitative estimate of drug-likeness (QED) is 0.178. The molecule has 7 heteroatoms. The Bertz CT molecular complexity index is 1660. The van der Waals surface area contributed by atoms with Crippen molar-refractivity contribution in [2.24, 2.45) is 0 Å². The van der Waals surface area contributed by atoms with Crippen LogP contribution >= 0.6 is 15.8 Å². The summed E-state index contributed by atoms with van der Waals surface area (Å²) in [5.41, 5.74) is 2.64. The maximum Gasteiger partial charge on any atom is -1.00 e. The van der Waals surface area contributed by atoms with E-state index in [-0.39, 0.29) is 24.8 Å². The van der Waals surface area contributed by atoms with Gasteiger partial charge in [0.1, 0.15) is 0 Å². The molecule has 49 heavy (non-hydrogen) atoms. The van der Waals surface area contributed by atoms with Gasteiger partial charge in [-0.2, -0.15) is 0 Å². The summed E-state index contributed by atoms with van der Waals surface area (Å²) >= 11 is -1.80. The van der Waals surface area contributed by atoms with Gasteiger partial charge in [-0.15, -0.1) is 0 Å². The molecule has 0 aromatic heterocycles. The Balaban J connectivity index is 0.00000270. The van der Waals surface area contributed by atoms with E-state index in [1.165, 1.54) is 43.0 Å².